The Labute approximate surface area is 122 Å². The number of carbonyl (C=O) groups excluding carboxylic acids is 1. The van der Waals surface area contributed by atoms with Gasteiger partial charge in [0, 0.05) is 16.1 Å². The Bertz CT molecular complexity index is 646. The van der Waals surface area contributed by atoms with Crippen LogP contribution in [0.15, 0.2) is 54.6 Å². The van der Waals surface area contributed by atoms with Crippen LogP contribution in [0.4, 0.5) is 4.79 Å². The van der Waals surface area contributed by atoms with Crippen LogP contribution in [0.3, 0.4) is 0 Å². The fourth-order valence-corrected chi connectivity index (χ4v) is 2.11. The molecule has 4 heteroatoms. The van der Waals surface area contributed by atoms with Gasteiger partial charge in [-0.3, -0.25) is 0 Å². The van der Waals surface area contributed by atoms with Gasteiger partial charge in [-0.2, -0.15) is 0 Å². The second kappa shape index (κ2) is 5.68. The number of hydrogen-bond acceptors (Lipinski definition) is 2. The Balaban J connectivity index is 2.63. The van der Waals surface area contributed by atoms with E-state index in [2.05, 4.69) is 5.92 Å². The normalized spacial score (nSPS) is 13.0. The number of hydrogen-bond donors (Lipinski definition) is 1. The van der Waals surface area contributed by atoms with Crippen molar-refractivity contribution in [3.63, 3.8) is 0 Å². The molecule has 0 aromatic heterocycles. The minimum atomic E-state index is -1.36. The number of benzene rings is 2. The summed E-state index contributed by atoms with van der Waals surface area (Å²) in [6.07, 6.45) is 4.70. The number of rotatable bonds is 3. The molecule has 1 unspecified atom stereocenters. The van der Waals surface area contributed by atoms with Crippen molar-refractivity contribution < 1.29 is 9.53 Å². The van der Waals surface area contributed by atoms with Gasteiger partial charge in [0.05, 0.1) is 0 Å². The zero-order chi connectivity index (χ0) is 14.6. The Morgan fingerprint density at radius 3 is 2.15 bits per heavy atom. The van der Waals surface area contributed by atoms with Gasteiger partial charge >= 0.3 is 6.09 Å². The first-order valence-electron chi connectivity index (χ1n) is 5.86. The van der Waals surface area contributed by atoms with Crippen LogP contribution in [0.1, 0.15) is 11.1 Å². The van der Waals surface area contributed by atoms with Crippen molar-refractivity contribution in [2.75, 3.05) is 0 Å². The monoisotopic (exact) mass is 285 g/mol. The predicted molar refractivity (Wildman–Crippen MR) is 78.2 cm³/mol. The van der Waals surface area contributed by atoms with E-state index in [1.807, 2.05) is 18.2 Å². The smallest absolute Gasteiger partial charge is 0.406 e. The standard InChI is InChI=1S/C16H12ClNO2/c1-2-16(20-15(18)19,12-6-4-3-5-7-12)13-8-10-14(17)11-9-13/h1,3-11H,(H2,18,19). The van der Waals surface area contributed by atoms with E-state index in [0.717, 1.165) is 0 Å². The molecule has 0 bridgehead atoms. The molecule has 20 heavy (non-hydrogen) atoms. The molecule has 0 radical (unpaired) electrons. The van der Waals surface area contributed by atoms with Crippen molar-refractivity contribution in [2.24, 2.45) is 5.73 Å². The van der Waals surface area contributed by atoms with Crippen molar-refractivity contribution in [3.05, 3.63) is 70.7 Å². The molecule has 2 aromatic rings. The lowest BCUT2D eigenvalue weighted by Crippen LogP contribution is -2.34. The maximum Gasteiger partial charge on any atom is 0.406 e. The molecule has 0 heterocycles. The van der Waals surface area contributed by atoms with Gasteiger partial charge in [-0.05, 0) is 18.1 Å². The maximum atomic E-state index is 11.3. The highest BCUT2D eigenvalue weighted by Gasteiger charge is 2.36. The van der Waals surface area contributed by atoms with Gasteiger partial charge in [0.15, 0.2) is 0 Å². The van der Waals surface area contributed by atoms with E-state index in [4.69, 9.17) is 28.5 Å². The molecule has 0 saturated heterocycles. The van der Waals surface area contributed by atoms with Crippen molar-refractivity contribution in [1.29, 1.82) is 0 Å². The third-order valence-corrected chi connectivity index (χ3v) is 3.14. The number of amides is 1. The highest BCUT2D eigenvalue weighted by atomic mass is 35.5. The molecule has 1 atom stereocenters. The largest absolute Gasteiger partial charge is 0.421 e. The predicted octanol–water partition coefficient (Wildman–Crippen LogP) is 3.31. The highest BCUT2D eigenvalue weighted by Crippen LogP contribution is 2.33. The third kappa shape index (κ3) is 2.61. The van der Waals surface area contributed by atoms with E-state index in [0.29, 0.717) is 16.1 Å². The zero-order valence-corrected chi connectivity index (χ0v) is 11.3. The molecule has 3 nitrogen and oxygen atoms in total. The second-order valence-electron chi connectivity index (χ2n) is 4.12. The molecule has 0 aliphatic carbocycles. The minimum absolute atomic E-state index is 0.562. The van der Waals surface area contributed by atoms with Crippen molar-refractivity contribution >= 4 is 17.7 Å². The molecule has 2 N–H and O–H groups in total. The van der Waals surface area contributed by atoms with E-state index < -0.39 is 11.7 Å². The van der Waals surface area contributed by atoms with Crippen LogP contribution >= 0.6 is 11.6 Å². The van der Waals surface area contributed by atoms with E-state index in [1.54, 1.807) is 36.4 Å². The first kappa shape index (κ1) is 14.0. The summed E-state index contributed by atoms with van der Waals surface area (Å²) in [6.45, 7) is 0. The molecule has 1 amide bonds. The van der Waals surface area contributed by atoms with E-state index >= 15 is 0 Å². The van der Waals surface area contributed by atoms with Gasteiger partial charge < -0.3 is 10.5 Å². The average molecular weight is 286 g/mol. The molecule has 100 valence electrons. The molecule has 0 aliphatic rings. The summed E-state index contributed by atoms with van der Waals surface area (Å²) in [7, 11) is 0. The van der Waals surface area contributed by atoms with Crippen molar-refractivity contribution in [1.82, 2.24) is 0 Å². The van der Waals surface area contributed by atoms with E-state index in [1.165, 1.54) is 0 Å². The second-order valence-corrected chi connectivity index (χ2v) is 4.56. The summed E-state index contributed by atoms with van der Waals surface area (Å²) in [4.78, 5) is 11.3. The molecule has 2 rings (SSSR count). The first-order valence-corrected chi connectivity index (χ1v) is 6.24. The summed E-state index contributed by atoms with van der Waals surface area (Å²) in [5, 5.41) is 0.562. The van der Waals surface area contributed by atoms with Crippen LogP contribution in [-0.4, -0.2) is 6.09 Å². The number of nitrogens with two attached hydrogens (primary N) is 1. The Morgan fingerprint density at radius 2 is 1.65 bits per heavy atom. The molecule has 0 spiro atoms. The van der Waals surface area contributed by atoms with Gasteiger partial charge in [0.1, 0.15) is 0 Å². The lowest BCUT2D eigenvalue weighted by molar-refractivity contribution is 0.0866. The minimum Gasteiger partial charge on any atom is -0.421 e. The first-order chi connectivity index (χ1) is 9.58. The zero-order valence-electron chi connectivity index (χ0n) is 10.5. The van der Waals surface area contributed by atoms with Gasteiger partial charge in [-0.1, -0.05) is 54.1 Å². The summed E-state index contributed by atoms with van der Waals surface area (Å²) >= 11 is 5.87. The highest BCUT2D eigenvalue weighted by molar-refractivity contribution is 6.30. The molecule has 0 fully saturated rings. The molecule has 0 aliphatic heterocycles. The van der Waals surface area contributed by atoms with Gasteiger partial charge in [-0.15, -0.1) is 6.42 Å². The van der Waals surface area contributed by atoms with Crippen LogP contribution in [0.2, 0.25) is 5.02 Å². The molecular weight excluding hydrogens is 274 g/mol. The summed E-state index contributed by atoms with van der Waals surface area (Å²) in [5.74, 6) is 2.53. The van der Waals surface area contributed by atoms with Crippen molar-refractivity contribution in [2.45, 2.75) is 5.60 Å². The lowest BCUT2D eigenvalue weighted by Gasteiger charge is -2.28. The maximum absolute atomic E-state index is 11.3. The van der Waals surface area contributed by atoms with Crippen LogP contribution in [0.5, 0.6) is 0 Å². The molecular formula is C16H12ClNO2. The number of carbonyl (C=O) groups is 1. The number of ether oxygens (including phenoxy) is 1. The van der Waals surface area contributed by atoms with E-state index in [-0.39, 0.29) is 0 Å². The summed E-state index contributed by atoms with van der Waals surface area (Å²) < 4.78 is 5.26. The Kier molecular flexibility index (Phi) is 3.97. The van der Waals surface area contributed by atoms with Crippen LogP contribution in [0.25, 0.3) is 0 Å². The number of primary amides is 1. The fourth-order valence-electron chi connectivity index (χ4n) is 1.99. The van der Waals surface area contributed by atoms with Gasteiger partial charge in [0.25, 0.3) is 0 Å². The summed E-state index contributed by atoms with van der Waals surface area (Å²) in [6, 6.07) is 15.8. The topological polar surface area (TPSA) is 52.3 Å². The Hall–Kier alpha value is -2.44. The summed E-state index contributed by atoms with van der Waals surface area (Å²) in [5.41, 5.74) is 5.06. The fraction of sp³-hybridized carbons (Fsp3) is 0.0625. The van der Waals surface area contributed by atoms with Crippen LogP contribution in [0, 0.1) is 12.3 Å². The average Bonchev–Trinajstić information content (AvgIpc) is 2.46. The Morgan fingerprint density at radius 1 is 1.10 bits per heavy atom. The molecule has 0 saturated carbocycles. The van der Waals surface area contributed by atoms with Crippen LogP contribution in [-0.2, 0) is 10.3 Å². The van der Waals surface area contributed by atoms with E-state index in [9.17, 15) is 4.79 Å². The van der Waals surface area contributed by atoms with Crippen LogP contribution < -0.4 is 5.73 Å². The molecule has 2 aromatic carbocycles. The van der Waals surface area contributed by atoms with Gasteiger partial charge in [0.2, 0.25) is 5.60 Å². The number of halogens is 1. The number of terminal acetylenes is 1. The van der Waals surface area contributed by atoms with Gasteiger partial charge in [-0.25, -0.2) is 4.79 Å². The van der Waals surface area contributed by atoms with Crippen molar-refractivity contribution in [3.8, 4) is 12.3 Å². The SMILES string of the molecule is C#CC(OC(N)=O)(c1ccccc1)c1ccc(Cl)cc1. The third-order valence-electron chi connectivity index (χ3n) is 2.89. The lowest BCUT2D eigenvalue weighted by atomic mass is 9.87. The quantitative estimate of drug-likeness (QED) is 0.880.